The number of aromatic nitrogens is 2. The largest absolute Gasteiger partial charge is 0.478 e. The first-order valence-electron chi connectivity index (χ1n) is 8.18. The summed E-state index contributed by atoms with van der Waals surface area (Å²) in [5.41, 5.74) is 0.455. The van der Waals surface area contributed by atoms with Gasteiger partial charge in [-0.2, -0.15) is 13.2 Å². The number of rotatable bonds is 4. The smallest absolute Gasteiger partial charge is 0.393 e. The van der Waals surface area contributed by atoms with Crippen LogP contribution in [0.2, 0.25) is 10.2 Å². The van der Waals surface area contributed by atoms with Gasteiger partial charge in [0.15, 0.2) is 0 Å². The molecule has 1 N–H and O–H groups in total. The SMILES string of the molecule is Cc1cc(CC(F)(F)F)cc2c1cc(C(=O)c1c(Cl)ncc(C(=O)O)c1Cl)n2C. The Morgan fingerprint density at radius 1 is 1.21 bits per heavy atom. The van der Waals surface area contributed by atoms with Crippen LogP contribution in [0.3, 0.4) is 0 Å². The number of halogens is 5. The van der Waals surface area contributed by atoms with Crippen molar-refractivity contribution in [2.24, 2.45) is 7.05 Å². The van der Waals surface area contributed by atoms with Gasteiger partial charge < -0.3 is 9.67 Å². The number of aromatic carboxylic acids is 1. The summed E-state index contributed by atoms with van der Waals surface area (Å²) in [6.07, 6.45) is -4.52. The van der Waals surface area contributed by atoms with Crippen LogP contribution in [0.25, 0.3) is 10.9 Å². The Balaban J connectivity index is 2.18. The Kier molecular flexibility index (Phi) is 5.36. The number of hydrogen-bond donors (Lipinski definition) is 1. The second-order valence-corrected chi connectivity index (χ2v) is 7.25. The predicted molar refractivity (Wildman–Crippen MR) is 102 cm³/mol. The van der Waals surface area contributed by atoms with Crippen LogP contribution in [-0.4, -0.2) is 32.6 Å². The fourth-order valence-electron chi connectivity index (χ4n) is 3.17. The van der Waals surface area contributed by atoms with Gasteiger partial charge in [0.2, 0.25) is 5.78 Å². The van der Waals surface area contributed by atoms with Gasteiger partial charge in [-0.05, 0) is 30.2 Å². The molecule has 0 aliphatic heterocycles. The number of carbonyl (C=O) groups is 2. The van der Waals surface area contributed by atoms with Crippen molar-refractivity contribution in [2.75, 3.05) is 0 Å². The van der Waals surface area contributed by atoms with E-state index in [1.807, 2.05) is 0 Å². The normalized spacial score (nSPS) is 11.8. The number of carboxylic acids is 1. The molecule has 0 aliphatic rings. The quantitative estimate of drug-likeness (QED) is 0.442. The highest BCUT2D eigenvalue weighted by atomic mass is 35.5. The third kappa shape index (κ3) is 3.95. The van der Waals surface area contributed by atoms with Gasteiger partial charge in [0.05, 0.1) is 28.3 Å². The third-order valence-electron chi connectivity index (χ3n) is 4.49. The molecule has 0 aliphatic carbocycles. The number of aryl methyl sites for hydroxylation is 2. The van der Waals surface area contributed by atoms with E-state index in [0.717, 1.165) is 6.20 Å². The van der Waals surface area contributed by atoms with E-state index >= 15 is 0 Å². The van der Waals surface area contributed by atoms with Crippen molar-refractivity contribution in [1.29, 1.82) is 0 Å². The average Bonchev–Trinajstić information content (AvgIpc) is 2.90. The molecule has 0 spiro atoms. The third-order valence-corrected chi connectivity index (χ3v) is 5.17. The second-order valence-electron chi connectivity index (χ2n) is 6.51. The summed E-state index contributed by atoms with van der Waals surface area (Å²) in [6.45, 7) is 1.64. The molecule has 3 rings (SSSR count). The van der Waals surface area contributed by atoms with Crippen LogP contribution in [-0.2, 0) is 13.5 Å². The number of hydrogen-bond acceptors (Lipinski definition) is 3. The zero-order valence-electron chi connectivity index (χ0n) is 15.1. The Morgan fingerprint density at radius 3 is 2.45 bits per heavy atom. The predicted octanol–water partition coefficient (Wildman–Crippen LogP) is 5.22. The minimum atomic E-state index is -4.37. The summed E-state index contributed by atoms with van der Waals surface area (Å²) in [6, 6.07) is 4.28. The lowest BCUT2D eigenvalue weighted by Gasteiger charge is -2.10. The van der Waals surface area contributed by atoms with E-state index in [1.54, 1.807) is 6.92 Å². The van der Waals surface area contributed by atoms with Crippen molar-refractivity contribution in [1.82, 2.24) is 9.55 Å². The van der Waals surface area contributed by atoms with Gasteiger partial charge in [-0.15, -0.1) is 0 Å². The Bertz CT molecular complexity index is 1170. The number of nitrogens with zero attached hydrogens (tertiary/aromatic N) is 2. The molecular formula is C19H13Cl2F3N2O3. The summed E-state index contributed by atoms with van der Waals surface area (Å²) in [7, 11) is 1.52. The topological polar surface area (TPSA) is 72.2 Å². The average molecular weight is 445 g/mol. The maximum atomic E-state index is 13.1. The Morgan fingerprint density at radius 2 is 1.86 bits per heavy atom. The molecule has 0 atom stereocenters. The van der Waals surface area contributed by atoms with Crippen LogP contribution in [0.1, 0.15) is 37.5 Å². The van der Waals surface area contributed by atoms with E-state index in [4.69, 9.17) is 23.2 Å². The second kappa shape index (κ2) is 7.35. The van der Waals surface area contributed by atoms with Crippen molar-refractivity contribution in [2.45, 2.75) is 19.5 Å². The molecule has 0 radical (unpaired) electrons. The molecule has 0 bridgehead atoms. The van der Waals surface area contributed by atoms with E-state index < -0.39 is 24.3 Å². The van der Waals surface area contributed by atoms with E-state index in [2.05, 4.69) is 4.98 Å². The zero-order chi connectivity index (χ0) is 21.7. The van der Waals surface area contributed by atoms with Crippen molar-refractivity contribution in [3.63, 3.8) is 0 Å². The summed E-state index contributed by atoms with van der Waals surface area (Å²) >= 11 is 12.1. The molecule has 0 amide bonds. The molecule has 3 aromatic rings. The standard InChI is InChI=1S/C19H13Cl2F3N2O3/c1-8-3-9(6-19(22,23)24)4-12-10(8)5-13(26(12)2)16(27)14-15(20)11(18(28)29)7-25-17(14)21/h3-5,7H,6H2,1-2H3,(H,28,29). The first kappa shape index (κ1) is 21.1. The zero-order valence-corrected chi connectivity index (χ0v) is 16.6. The molecule has 29 heavy (non-hydrogen) atoms. The number of ketones is 1. The van der Waals surface area contributed by atoms with Crippen LogP contribution in [0.15, 0.2) is 24.4 Å². The first-order valence-corrected chi connectivity index (χ1v) is 8.94. The van der Waals surface area contributed by atoms with Crippen molar-refractivity contribution < 1.29 is 27.9 Å². The number of alkyl halides is 3. The lowest BCUT2D eigenvalue weighted by Crippen LogP contribution is -2.12. The summed E-state index contributed by atoms with van der Waals surface area (Å²) in [5, 5.41) is 9.13. The molecule has 1 aromatic carbocycles. The molecule has 152 valence electrons. The highest BCUT2D eigenvalue weighted by Gasteiger charge is 2.29. The fraction of sp³-hybridized carbons (Fsp3) is 0.211. The Labute approximate surface area is 172 Å². The van der Waals surface area contributed by atoms with Gasteiger partial charge >= 0.3 is 12.1 Å². The number of carbonyl (C=O) groups excluding carboxylic acids is 1. The van der Waals surface area contributed by atoms with Crippen molar-refractivity contribution in [3.05, 3.63) is 62.5 Å². The Hall–Kier alpha value is -2.58. The molecular weight excluding hydrogens is 432 g/mol. The summed E-state index contributed by atoms with van der Waals surface area (Å²) in [4.78, 5) is 28.1. The van der Waals surface area contributed by atoms with E-state index in [9.17, 15) is 27.9 Å². The van der Waals surface area contributed by atoms with Gasteiger partial charge in [-0.3, -0.25) is 4.79 Å². The van der Waals surface area contributed by atoms with Gasteiger partial charge in [0.1, 0.15) is 5.15 Å². The van der Waals surface area contributed by atoms with E-state index in [0.29, 0.717) is 16.5 Å². The number of carboxylic acid groups (broad SMARTS) is 1. The molecule has 0 unspecified atom stereocenters. The highest BCUT2D eigenvalue weighted by molar-refractivity contribution is 6.42. The molecule has 5 nitrogen and oxygen atoms in total. The van der Waals surface area contributed by atoms with Gasteiger partial charge in [-0.25, -0.2) is 9.78 Å². The lowest BCUT2D eigenvalue weighted by atomic mass is 10.0. The molecule has 10 heteroatoms. The monoisotopic (exact) mass is 444 g/mol. The lowest BCUT2D eigenvalue weighted by molar-refractivity contribution is -0.127. The molecule has 2 aromatic heterocycles. The minimum absolute atomic E-state index is 0.0632. The van der Waals surface area contributed by atoms with Crippen LogP contribution in [0.4, 0.5) is 13.2 Å². The van der Waals surface area contributed by atoms with E-state index in [-0.39, 0.29) is 32.6 Å². The maximum absolute atomic E-state index is 13.1. The van der Waals surface area contributed by atoms with Gasteiger partial charge in [-0.1, -0.05) is 29.3 Å². The minimum Gasteiger partial charge on any atom is -0.478 e. The summed E-state index contributed by atoms with van der Waals surface area (Å²) < 4.78 is 39.7. The fourth-order valence-corrected chi connectivity index (χ4v) is 3.75. The van der Waals surface area contributed by atoms with Gasteiger partial charge in [0.25, 0.3) is 0 Å². The van der Waals surface area contributed by atoms with Crippen LogP contribution < -0.4 is 0 Å². The van der Waals surface area contributed by atoms with Crippen LogP contribution in [0.5, 0.6) is 0 Å². The maximum Gasteiger partial charge on any atom is 0.393 e. The molecule has 0 fully saturated rings. The van der Waals surface area contributed by atoms with Gasteiger partial charge in [0, 0.05) is 24.1 Å². The van der Waals surface area contributed by atoms with Crippen LogP contribution >= 0.6 is 23.2 Å². The van der Waals surface area contributed by atoms with E-state index in [1.165, 1.54) is 29.8 Å². The van der Waals surface area contributed by atoms with Crippen molar-refractivity contribution in [3.8, 4) is 0 Å². The molecule has 2 heterocycles. The molecule has 0 saturated carbocycles. The number of pyridine rings is 1. The summed E-state index contributed by atoms with van der Waals surface area (Å²) in [5.74, 6) is -2.07. The highest BCUT2D eigenvalue weighted by Crippen LogP contribution is 2.32. The number of benzene rings is 1. The first-order chi connectivity index (χ1) is 13.4. The molecule has 0 saturated heterocycles. The number of fused-ring (bicyclic) bond motifs is 1. The van der Waals surface area contributed by atoms with Crippen LogP contribution in [0, 0.1) is 6.92 Å². The van der Waals surface area contributed by atoms with Crippen molar-refractivity contribution >= 4 is 45.9 Å².